The predicted octanol–water partition coefficient (Wildman–Crippen LogP) is 2.66. The third-order valence-electron chi connectivity index (χ3n) is 4.89. The van der Waals surface area contributed by atoms with Crippen molar-refractivity contribution in [1.82, 2.24) is 9.91 Å². The zero-order chi connectivity index (χ0) is 16.9. The van der Waals surface area contributed by atoms with Crippen molar-refractivity contribution < 1.29 is 9.59 Å². The first-order valence-electron chi connectivity index (χ1n) is 8.84. The molecule has 2 aliphatic rings. The molecule has 2 amide bonds. The first-order chi connectivity index (χ1) is 11.6. The minimum absolute atomic E-state index is 0.0559. The van der Waals surface area contributed by atoms with Crippen molar-refractivity contribution in [3.8, 4) is 0 Å². The Kier molecular flexibility index (Phi) is 5.28. The van der Waals surface area contributed by atoms with Crippen molar-refractivity contribution in [2.24, 2.45) is 11.0 Å². The van der Waals surface area contributed by atoms with Gasteiger partial charge < -0.3 is 4.90 Å². The molecule has 1 fully saturated rings. The Balaban J connectivity index is 1.49. The van der Waals surface area contributed by atoms with Gasteiger partial charge in [0.2, 0.25) is 11.8 Å². The fourth-order valence-corrected chi connectivity index (χ4v) is 3.23. The molecule has 1 aromatic rings. The number of hydrazone groups is 1. The Morgan fingerprint density at radius 2 is 1.71 bits per heavy atom. The van der Waals surface area contributed by atoms with E-state index < -0.39 is 0 Å². The molecule has 0 atom stereocenters. The summed E-state index contributed by atoms with van der Waals surface area (Å²) in [6.45, 7) is 4.49. The number of carbonyl (C=O) groups is 2. The maximum absolute atomic E-state index is 12.3. The zero-order valence-corrected chi connectivity index (χ0v) is 14.3. The van der Waals surface area contributed by atoms with Gasteiger partial charge in [0.25, 0.3) is 0 Å². The van der Waals surface area contributed by atoms with Gasteiger partial charge in [-0.05, 0) is 24.3 Å². The van der Waals surface area contributed by atoms with Crippen LogP contribution in [-0.4, -0.2) is 47.1 Å². The van der Waals surface area contributed by atoms with Gasteiger partial charge in [-0.15, -0.1) is 0 Å². The van der Waals surface area contributed by atoms with E-state index in [2.05, 4.69) is 12.0 Å². The number of benzene rings is 1. The number of hydrogen-bond donors (Lipinski definition) is 0. The summed E-state index contributed by atoms with van der Waals surface area (Å²) in [4.78, 5) is 26.4. The van der Waals surface area contributed by atoms with Crippen LogP contribution in [0.2, 0.25) is 0 Å². The first-order valence-corrected chi connectivity index (χ1v) is 8.84. The first kappa shape index (κ1) is 16.7. The highest BCUT2D eigenvalue weighted by atomic mass is 16.2. The Labute approximate surface area is 143 Å². The van der Waals surface area contributed by atoms with Gasteiger partial charge in [0.15, 0.2) is 0 Å². The van der Waals surface area contributed by atoms with Crippen molar-refractivity contribution in [2.75, 3.05) is 19.6 Å². The molecule has 0 aromatic heterocycles. The number of piperidine rings is 1. The van der Waals surface area contributed by atoms with E-state index in [1.165, 1.54) is 5.01 Å². The molecular weight excluding hydrogens is 302 g/mol. The molecule has 1 saturated heterocycles. The predicted molar refractivity (Wildman–Crippen MR) is 93.5 cm³/mol. The van der Waals surface area contributed by atoms with E-state index in [0.29, 0.717) is 18.9 Å². The summed E-state index contributed by atoms with van der Waals surface area (Å²) in [7, 11) is 0. The van der Waals surface area contributed by atoms with Crippen LogP contribution in [0.4, 0.5) is 0 Å². The maximum atomic E-state index is 12.3. The second-order valence-corrected chi connectivity index (χ2v) is 6.74. The molecule has 0 aliphatic carbocycles. The monoisotopic (exact) mass is 327 g/mol. The molecular formula is C19H25N3O2. The Morgan fingerprint density at radius 1 is 1.04 bits per heavy atom. The molecule has 0 bridgehead atoms. The smallest absolute Gasteiger partial charge is 0.243 e. The van der Waals surface area contributed by atoms with Crippen LogP contribution in [0.3, 0.4) is 0 Å². The Hall–Kier alpha value is -2.17. The van der Waals surface area contributed by atoms with Gasteiger partial charge in [0, 0.05) is 32.4 Å². The van der Waals surface area contributed by atoms with E-state index in [0.717, 1.165) is 43.6 Å². The highest BCUT2D eigenvalue weighted by Crippen LogP contribution is 2.18. The van der Waals surface area contributed by atoms with E-state index in [9.17, 15) is 9.59 Å². The average molecular weight is 327 g/mol. The fraction of sp³-hybridized carbons (Fsp3) is 0.526. The normalized spacial score (nSPS) is 18.6. The number of hydrogen-bond acceptors (Lipinski definition) is 3. The molecule has 0 saturated carbocycles. The zero-order valence-electron chi connectivity index (χ0n) is 14.3. The van der Waals surface area contributed by atoms with Crippen molar-refractivity contribution in [1.29, 1.82) is 0 Å². The van der Waals surface area contributed by atoms with Crippen LogP contribution in [0.1, 0.15) is 44.6 Å². The summed E-state index contributed by atoms with van der Waals surface area (Å²) in [5, 5.41) is 5.96. The van der Waals surface area contributed by atoms with Gasteiger partial charge in [-0.3, -0.25) is 9.59 Å². The second kappa shape index (κ2) is 7.60. The average Bonchev–Trinajstić information content (AvgIpc) is 3.11. The third-order valence-corrected chi connectivity index (χ3v) is 4.89. The second-order valence-electron chi connectivity index (χ2n) is 6.74. The quantitative estimate of drug-likeness (QED) is 0.854. The standard InChI is InChI=1S/C19H25N3O2/c1-15-9-12-21(13-10-15)18(23)7-8-19(24)22-14-11-17(20-22)16-5-3-2-4-6-16/h2-6,15H,7-14H2,1H3. The minimum atomic E-state index is -0.0559. The molecule has 0 N–H and O–H groups in total. The summed E-state index contributed by atoms with van der Waals surface area (Å²) in [6, 6.07) is 9.93. The fourth-order valence-electron chi connectivity index (χ4n) is 3.23. The molecule has 24 heavy (non-hydrogen) atoms. The number of nitrogens with zero attached hydrogens (tertiary/aromatic N) is 3. The molecule has 2 heterocycles. The highest BCUT2D eigenvalue weighted by Gasteiger charge is 2.24. The van der Waals surface area contributed by atoms with E-state index in [1.54, 1.807) is 0 Å². The van der Waals surface area contributed by atoms with Crippen molar-refractivity contribution >= 4 is 17.5 Å². The van der Waals surface area contributed by atoms with E-state index in [1.807, 2.05) is 35.2 Å². The highest BCUT2D eigenvalue weighted by molar-refractivity contribution is 6.02. The third kappa shape index (κ3) is 4.02. The number of amides is 2. The van der Waals surface area contributed by atoms with Crippen LogP contribution in [0.5, 0.6) is 0 Å². The summed E-state index contributed by atoms with van der Waals surface area (Å²) in [5.41, 5.74) is 2.01. The van der Waals surface area contributed by atoms with Gasteiger partial charge in [0.1, 0.15) is 0 Å². The molecule has 5 nitrogen and oxygen atoms in total. The topological polar surface area (TPSA) is 53.0 Å². The lowest BCUT2D eigenvalue weighted by molar-refractivity contribution is -0.137. The van der Waals surface area contributed by atoms with Gasteiger partial charge in [0.05, 0.1) is 12.3 Å². The summed E-state index contributed by atoms with van der Waals surface area (Å²) in [6.07, 6.45) is 3.44. The van der Waals surface area contributed by atoms with Crippen molar-refractivity contribution in [3.05, 3.63) is 35.9 Å². The van der Waals surface area contributed by atoms with Crippen LogP contribution in [0.25, 0.3) is 0 Å². The van der Waals surface area contributed by atoms with Crippen molar-refractivity contribution in [3.63, 3.8) is 0 Å². The minimum Gasteiger partial charge on any atom is -0.343 e. The van der Waals surface area contributed by atoms with Gasteiger partial charge in [-0.2, -0.15) is 5.10 Å². The van der Waals surface area contributed by atoms with E-state index >= 15 is 0 Å². The molecule has 2 aliphatic heterocycles. The SMILES string of the molecule is CC1CCN(C(=O)CCC(=O)N2CCC(c3ccccc3)=N2)CC1. The van der Waals surface area contributed by atoms with Crippen LogP contribution in [0.15, 0.2) is 35.4 Å². The van der Waals surface area contributed by atoms with Crippen LogP contribution >= 0.6 is 0 Å². The van der Waals surface area contributed by atoms with Crippen LogP contribution < -0.4 is 0 Å². The maximum Gasteiger partial charge on any atom is 0.243 e. The van der Waals surface area contributed by atoms with Crippen LogP contribution in [-0.2, 0) is 9.59 Å². The lowest BCUT2D eigenvalue weighted by Gasteiger charge is -2.30. The molecule has 5 heteroatoms. The molecule has 0 radical (unpaired) electrons. The van der Waals surface area contributed by atoms with Gasteiger partial charge >= 0.3 is 0 Å². The molecule has 128 valence electrons. The van der Waals surface area contributed by atoms with Gasteiger partial charge in [-0.25, -0.2) is 5.01 Å². The lowest BCUT2D eigenvalue weighted by atomic mass is 9.99. The number of rotatable bonds is 4. The Morgan fingerprint density at radius 3 is 2.42 bits per heavy atom. The summed E-state index contributed by atoms with van der Waals surface area (Å²) >= 11 is 0. The van der Waals surface area contributed by atoms with E-state index in [4.69, 9.17) is 0 Å². The molecule has 3 rings (SSSR count). The lowest BCUT2D eigenvalue weighted by Crippen LogP contribution is -2.38. The largest absolute Gasteiger partial charge is 0.343 e. The molecule has 0 spiro atoms. The Bertz CT molecular complexity index is 619. The number of likely N-dealkylation sites (tertiary alicyclic amines) is 1. The van der Waals surface area contributed by atoms with E-state index in [-0.39, 0.29) is 18.2 Å². The molecule has 1 aromatic carbocycles. The van der Waals surface area contributed by atoms with Gasteiger partial charge in [-0.1, -0.05) is 37.3 Å². The van der Waals surface area contributed by atoms with Crippen LogP contribution in [0, 0.1) is 5.92 Å². The molecule has 0 unspecified atom stereocenters. The summed E-state index contributed by atoms with van der Waals surface area (Å²) < 4.78 is 0. The summed E-state index contributed by atoms with van der Waals surface area (Å²) in [5.74, 6) is 0.743. The number of carbonyl (C=O) groups excluding carboxylic acids is 2. The van der Waals surface area contributed by atoms with Crippen molar-refractivity contribution in [2.45, 2.75) is 39.0 Å².